The molecule has 0 aliphatic carbocycles. The summed E-state index contributed by atoms with van der Waals surface area (Å²) in [4.78, 5) is 25.0. The number of amides is 1. The normalized spacial score (nSPS) is 10.7. The zero-order valence-corrected chi connectivity index (χ0v) is 13.4. The third kappa shape index (κ3) is 2.63. The van der Waals surface area contributed by atoms with E-state index in [4.69, 9.17) is 0 Å². The zero-order chi connectivity index (χ0) is 16.6. The second kappa shape index (κ2) is 5.72. The highest BCUT2D eigenvalue weighted by Crippen LogP contribution is 2.25. The van der Waals surface area contributed by atoms with Crippen molar-refractivity contribution in [3.63, 3.8) is 0 Å². The van der Waals surface area contributed by atoms with Crippen molar-refractivity contribution in [3.05, 3.63) is 65.4 Å². The van der Waals surface area contributed by atoms with Crippen LogP contribution < -0.4 is 5.32 Å². The molecule has 3 rings (SSSR count). The van der Waals surface area contributed by atoms with E-state index in [2.05, 4.69) is 5.32 Å². The van der Waals surface area contributed by atoms with Crippen LogP contribution in [0.2, 0.25) is 0 Å². The molecule has 0 saturated heterocycles. The molecule has 0 atom stereocenters. The molecule has 0 spiro atoms. The first-order valence-corrected chi connectivity index (χ1v) is 7.45. The van der Waals surface area contributed by atoms with Crippen LogP contribution in [0.1, 0.15) is 21.6 Å². The largest absolute Gasteiger partial charge is 0.347 e. The van der Waals surface area contributed by atoms with E-state index in [0.29, 0.717) is 11.3 Å². The minimum Gasteiger partial charge on any atom is -0.347 e. The third-order valence-electron chi connectivity index (χ3n) is 4.14. The summed E-state index contributed by atoms with van der Waals surface area (Å²) in [6.45, 7) is 3.82. The summed E-state index contributed by atoms with van der Waals surface area (Å²) in [6, 6.07) is 15.0. The fourth-order valence-corrected chi connectivity index (χ4v) is 2.75. The summed E-state index contributed by atoms with van der Waals surface area (Å²) in [5.74, 6) is -1.13. The van der Waals surface area contributed by atoms with Crippen LogP contribution in [-0.2, 0) is 11.8 Å². The number of carbonyl (C=O) groups is 2. The molecule has 0 saturated carbocycles. The first-order valence-electron chi connectivity index (χ1n) is 7.45. The van der Waals surface area contributed by atoms with E-state index < -0.39 is 11.7 Å². The molecule has 116 valence electrons. The molecule has 2 aromatic carbocycles. The molecular weight excluding hydrogens is 288 g/mol. The summed E-state index contributed by atoms with van der Waals surface area (Å²) in [6.07, 6.45) is 0. The lowest BCUT2D eigenvalue weighted by atomic mass is 10.1. The number of Topliss-reactive ketones (excluding diaryl/α,β-unsaturated/α-hetero) is 1. The molecule has 0 aliphatic heterocycles. The van der Waals surface area contributed by atoms with Crippen molar-refractivity contribution in [1.82, 2.24) is 4.57 Å². The van der Waals surface area contributed by atoms with E-state index in [-0.39, 0.29) is 0 Å². The van der Waals surface area contributed by atoms with Crippen molar-refractivity contribution in [3.8, 4) is 0 Å². The monoisotopic (exact) mass is 306 g/mol. The number of para-hydroxylation sites is 1. The van der Waals surface area contributed by atoms with Crippen molar-refractivity contribution >= 4 is 28.3 Å². The van der Waals surface area contributed by atoms with Crippen LogP contribution >= 0.6 is 0 Å². The Balaban J connectivity index is 1.95. The summed E-state index contributed by atoms with van der Waals surface area (Å²) in [5.41, 5.74) is 3.91. The fourth-order valence-electron chi connectivity index (χ4n) is 2.75. The smallest absolute Gasteiger partial charge is 0.296 e. The van der Waals surface area contributed by atoms with E-state index in [0.717, 1.165) is 22.2 Å². The Hall–Kier alpha value is -2.88. The van der Waals surface area contributed by atoms with E-state index >= 15 is 0 Å². The summed E-state index contributed by atoms with van der Waals surface area (Å²) < 4.78 is 1.93. The molecule has 1 heterocycles. The van der Waals surface area contributed by atoms with E-state index in [1.807, 2.05) is 61.9 Å². The van der Waals surface area contributed by atoms with Crippen LogP contribution in [0.25, 0.3) is 10.9 Å². The first-order chi connectivity index (χ1) is 11.0. The van der Waals surface area contributed by atoms with Gasteiger partial charge in [0.1, 0.15) is 0 Å². The van der Waals surface area contributed by atoms with Gasteiger partial charge >= 0.3 is 0 Å². The third-order valence-corrected chi connectivity index (χ3v) is 4.14. The van der Waals surface area contributed by atoms with E-state index in [1.165, 1.54) is 0 Å². The number of aromatic nitrogens is 1. The van der Waals surface area contributed by atoms with Gasteiger partial charge in [0.25, 0.3) is 11.7 Å². The average molecular weight is 306 g/mol. The molecular formula is C19H18N2O2. The minimum atomic E-state index is -0.617. The lowest BCUT2D eigenvalue weighted by Crippen LogP contribution is -2.23. The van der Waals surface area contributed by atoms with E-state index in [1.54, 1.807) is 12.1 Å². The number of nitrogens with zero attached hydrogens (tertiary/aromatic N) is 1. The first kappa shape index (κ1) is 15.0. The second-order valence-electron chi connectivity index (χ2n) is 5.69. The summed E-state index contributed by atoms with van der Waals surface area (Å²) in [7, 11) is 1.90. The number of hydrogen-bond acceptors (Lipinski definition) is 2. The number of aryl methyl sites for hydroxylation is 2. The minimum absolute atomic E-state index is 0.465. The highest BCUT2D eigenvalue weighted by Gasteiger charge is 2.24. The number of nitrogens with one attached hydrogen (secondary N) is 1. The number of anilines is 1. The number of fused-ring (bicyclic) bond motifs is 1. The number of hydrogen-bond donors (Lipinski definition) is 1. The van der Waals surface area contributed by atoms with Gasteiger partial charge in [-0.1, -0.05) is 35.9 Å². The molecule has 3 aromatic rings. The van der Waals surface area contributed by atoms with Crippen molar-refractivity contribution in [2.24, 2.45) is 7.05 Å². The maximum absolute atomic E-state index is 12.6. The van der Waals surface area contributed by atoms with Gasteiger partial charge in [-0.25, -0.2) is 0 Å². The lowest BCUT2D eigenvalue weighted by Gasteiger charge is -2.05. The molecule has 0 bridgehead atoms. The zero-order valence-electron chi connectivity index (χ0n) is 13.4. The van der Waals surface area contributed by atoms with Crippen LogP contribution in [0.15, 0.2) is 48.5 Å². The van der Waals surface area contributed by atoms with Crippen LogP contribution in [0.3, 0.4) is 0 Å². The van der Waals surface area contributed by atoms with Gasteiger partial charge in [-0.3, -0.25) is 9.59 Å². The second-order valence-corrected chi connectivity index (χ2v) is 5.69. The highest BCUT2D eigenvalue weighted by molar-refractivity contribution is 6.48. The molecule has 0 radical (unpaired) electrons. The molecule has 0 unspecified atom stereocenters. The Bertz CT molecular complexity index is 905. The van der Waals surface area contributed by atoms with Crippen LogP contribution in [0.5, 0.6) is 0 Å². The van der Waals surface area contributed by atoms with Crippen molar-refractivity contribution in [1.29, 1.82) is 0 Å². The molecule has 23 heavy (non-hydrogen) atoms. The molecule has 1 aromatic heterocycles. The molecule has 4 heteroatoms. The fraction of sp³-hybridized carbons (Fsp3) is 0.158. The molecule has 0 fully saturated rings. The Morgan fingerprint density at radius 1 is 0.957 bits per heavy atom. The Morgan fingerprint density at radius 3 is 2.30 bits per heavy atom. The SMILES string of the molecule is Cc1ccc(NC(=O)C(=O)c2c(C)n(C)c3ccccc23)cc1. The molecule has 0 aliphatic rings. The quantitative estimate of drug-likeness (QED) is 0.593. The van der Waals surface area contributed by atoms with Gasteiger partial charge in [0.15, 0.2) is 0 Å². The number of rotatable bonds is 3. The molecule has 1 amide bonds. The summed E-state index contributed by atoms with van der Waals surface area (Å²) >= 11 is 0. The van der Waals surface area contributed by atoms with Crippen LogP contribution in [-0.4, -0.2) is 16.3 Å². The van der Waals surface area contributed by atoms with Gasteiger partial charge < -0.3 is 9.88 Å². The average Bonchev–Trinajstić information content (AvgIpc) is 2.81. The van der Waals surface area contributed by atoms with Gasteiger partial charge in [0, 0.05) is 29.3 Å². The topological polar surface area (TPSA) is 51.1 Å². The van der Waals surface area contributed by atoms with Gasteiger partial charge in [-0.15, -0.1) is 0 Å². The van der Waals surface area contributed by atoms with E-state index in [9.17, 15) is 9.59 Å². The Labute approximate surface area is 134 Å². The van der Waals surface area contributed by atoms with Crippen molar-refractivity contribution in [2.75, 3.05) is 5.32 Å². The maximum Gasteiger partial charge on any atom is 0.296 e. The summed E-state index contributed by atoms with van der Waals surface area (Å²) in [5, 5.41) is 3.47. The van der Waals surface area contributed by atoms with Crippen LogP contribution in [0.4, 0.5) is 5.69 Å². The highest BCUT2D eigenvalue weighted by atomic mass is 16.2. The molecule has 1 N–H and O–H groups in total. The lowest BCUT2D eigenvalue weighted by molar-refractivity contribution is -0.112. The molecule has 4 nitrogen and oxygen atoms in total. The number of ketones is 1. The predicted molar refractivity (Wildman–Crippen MR) is 91.8 cm³/mol. The van der Waals surface area contributed by atoms with Crippen molar-refractivity contribution in [2.45, 2.75) is 13.8 Å². The number of carbonyl (C=O) groups excluding carboxylic acids is 2. The standard InChI is InChI=1S/C19H18N2O2/c1-12-8-10-14(11-9-12)20-19(23)18(22)17-13(2)21(3)16-7-5-4-6-15(16)17/h4-11H,1-3H3,(H,20,23). The maximum atomic E-state index is 12.6. The Kier molecular flexibility index (Phi) is 3.74. The van der Waals surface area contributed by atoms with Gasteiger partial charge in [-0.05, 0) is 32.0 Å². The van der Waals surface area contributed by atoms with Gasteiger partial charge in [0.05, 0.1) is 5.56 Å². The van der Waals surface area contributed by atoms with Crippen molar-refractivity contribution < 1.29 is 9.59 Å². The van der Waals surface area contributed by atoms with Gasteiger partial charge in [0.2, 0.25) is 0 Å². The Morgan fingerprint density at radius 2 is 1.61 bits per heavy atom. The predicted octanol–water partition coefficient (Wildman–Crippen LogP) is 3.62. The van der Waals surface area contributed by atoms with Crippen LogP contribution in [0, 0.1) is 13.8 Å². The number of benzene rings is 2. The van der Waals surface area contributed by atoms with Gasteiger partial charge in [-0.2, -0.15) is 0 Å².